The summed E-state index contributed by atoms with van der Waals surface area (Å²) in [4.78, 5) is 28.3. The maximum Gasteiger partial charge on any atom is 0.410 e. The van der Waals surface area contributed by atoms with E-state index >= 15 is 0 Å². The molecule has 1 aromatic carbocycles. The van der Waals surface area contributed by atoms with Gasteiger partial charge in [-0.05, 0) is 51.8 Å². The number of nitrogens with two attached hydrogens (primary N) is 1. The molecule has 0 saturated carbocycles. The molecule has 2 N–H and O–H groups in total. The molecule has 0 aromatic heterocycles. The molecular weight excluding hydrogens is 386 g/mol. The molecule has 1 aliphatic heterocycles. The van der Waals surface area contributed by atoms with Gasteiger partial charge in [0.05, 0.1) is 5.56 Å². The summed E-state index contributed by atoms with van der Waals surface area (Å²) < 4.78 is 6.26. The van der Waals surface area contributed by atoms with Crippen molar-refractivity contribution in [3.05, 3.63) is 28.2 Å². The van der Waals surface area contributed by atoms with Crippen LogP contribution in [0, 0.1) is 0 Å². The minimum Gasteiger partial charge on any atom is -0.444 e. The number of carbonyl (C=O) groups is 2. The van der Waals surface area contributed by atoms with Crippen LogP contribution in [-0.4, -0.2) is 53.6 Å². The Labute approximate surface area is 157 Å². The van der Waals surface area contributed by atoms with E-state index in [1.807, 2.05) is 26.8 Å². The van der Waals surface area contributed by atoms with Crippen LogP contribution in [0.2, 0.25) is 0 Å². The summed E-state index contributed by atoms with van der Waals surface area (Å²) in [5.41, 5.74) is 6.42. The molecule has 0 spiro atoms. The Morgan fingerprint density at radius 2 is 1.88 bits per heavy atom. The van der Waals surface area contributed by atoms with Crippen molar-refractivity contribution in [3.63, 3.8) is 0 Å². The largest absolute Gasteiger partial charge is 0.444 e. The minimum absolute atomic E-state index is 0.0663. The van der Waals surface area contributed by atoms with E-state index in [2.05, 4.69) is 15.9 Å². The van der Waals surface area contributed by atoms with Gasteiger partial charge in [0.25, 0.3) is 5.91 Å². The number of hydrogen-bond acceptors (Lipinski definition) is 4. The molecule has 2 amide bonds. The number of piperidine rings is 1. The van der Waals surface area contributed by atoms with Gasteiger partial charge < -0.3 is 20.3 Å². The number of carbonyl (C=O) groups excluding carboxylic acids is 2. The number of ether oxygens (including phenoxy) is 1. The summed E-state index contributed by atoms with van der Waals surface area (Å²) in [6, 6.07) is 5.35. The Morgan fingerprint density at radius 3 is 2.40 bits per heavy atom. The van der Waals surface area contributed by atoms with Crippen LogP contribution in [0.15, 0.2) is 22.7 Å². The number of likely N-dealkylation sites (tertiary alicyclic amines) is 1. The molecule has 0 radical (unpaired) electrons. The van der Waals surface area contributed by atoms with Crippen LogP contribution in [0.3, 0.4) is 0 Å². The van der Waals surface area contributed by atoms with Gasteiger partial charge in [0, 0.05) is 36.3 Å². The molecule has 1 heterocycles. The van der Waals surface area contributed by atoms with Crippen molar-refractivity contribution in [2.45, 2.75) is 45.3 Å². The first-order valence-electron chi connectivity index (χ1n) is 8.38. The molecule has 25 heavy (non-hydrogen) atoms. The zero-order valence-electron chi connectivity index (χ0n) is 15.2. The lowest BCUT2D eigenvalue weighted by Crippen LogP contribution is -2.48. The smallest absolute Gasteiger partial charge is 0.410 e. The Bertz CT molecular complexity index is 649. The summed E-state index contributed by atoms with van der Waals surface area (Å²) in [7, 11) is 1.75. The first-order valence-corrected chi connectivity index (χ1v) is 9.18. The van der Waals surface area contributed by atoms with Crippen molar-refractivity contribution in [1.82, 2.24) is 9.80 Å². The zero-order chi connectivity index (χ0) is 18.8. The van der Waals surface area contributed by atoms with Crippen molar-refractivity contribution in [3.8, 4) is 0 Å². The maximum absolute atomic E-state index is 12.7. The van der Waals surface area contributed by atoms with Crippen LogP contribution in [-0.2, 0) is 4.74 Å². The number of hydrogen-bond donors (Lipinski definition) is 1. The van der Waals surface area contributed by atoms with Crippen molar-refractivity contribution in [1.29, 1.82) is 0 Å². The highest BCUT2D eigenvalue weighted by molar-refractivity contribution is 9.10. The topological polar surface area (TPSA) is 75.9 Å². The number of halogens is 1. The van der Waals surface area contributed by atoms with E-state index in [1.165, 1.54) is 0 Å². The number of nitrogens with zero attached hydrogens (tertiary/aromatic N) is 2. The fourth-order valence-electron chi connectivity index (χ4n) is 2.84. The number of anilines is 1. The maximum atomic E-state index is 12.7. The van der Waals surface area contributed by atoms with Crippen molar-refractivity contribution < 1.29 is 14.3 Å². The Balaban J connectivity index is 1.95. The summed E-state index contributed by atoms with van der Waals surface area (Å²) in [6.45, 7) is 6.73. The van der Waals surface area contributed by atoms with E-state index in [9.17, 15) is 9.59 Å². The third-order valence-electron chi connectivity index (χ3n) is 4.22. The van der Waals surface area contributed by atoms with Crippen LogP contribution in [0.1, 0.15) is 44.0 Å². The standard InChI is InChI=1S/C18H26BrN3O3/c1-18(2,3)25-17(24)21(4)13-7-9-22(10-8-13)16(23)14-6-5-12(19)11-15(14)20/h5-6,11,13H,7-10,20H2,1-4H3. The van der Waals surface area contributed by atoms with Gasteiger partial charge in [-0.3, -0.25) is 4.79 Å². The lowest BCUT2D eigenvalue weighted by atomic mass is 10.0. The van der Waals surface area contributed by atoms with Crippen LogP contribution >= 0.6 is 15.9 Å². The molecule has 1 saturated heterocycles. The highest BCUT2D eigenvalue weighted by atomic mass is 79.9. The van der Waals surface area contributed by atoms with Crippen LogP contribution in [0.4, 0.5) is 10.5 Å². The highest BCUT2D eigenvalue weighted by Crippen LogP contribution is 2.23. The molecule has 1 aliphatic rings. The molecule has 0 unspecified atom stereocenters. The lowest BCUT2D eigenvalue weighted by Gasteiger charge is -2.37. The fourth-order valence-corrected chi connectivity index (χ4v) is 3.22. The Morgan fingerprint density at radius 1 is 1.28 bits per heavy atom. The monoisotopic (exact) mass is 411 g/mol. The summed E-state index contributed by atoms with van der Waals surface area (Å²) >= 11 is 3.35. The van der Waals surface area contributed by atoms with E-state index in [4.69, 9.17) is 10.5 Å². The number of benzene rings is 1. The van der Waals surface area contributed by atoms with E-state index in [0.717, 1.165) is 17.3 Å². The molecule has 1 aromatic rings. The van der Waals surface area contributed by atoms with E-state index in [0.29, 0.717) is 24.3 Å². The summed E-state index contributed by atoms with van der Waals surface area (Å²) in [6.07, 6.45) is 1.12. The molecule has 2 rings (SSSR count). The van der Waals surface area contributed by atoms with Crippen LogP contribution in [0.5, 0.6) is 0 Å². The second-order valence-corrected chi connectivity index (χ2v) is 8.26. The molecule has 1 fully saturated rings. The van der Waals surface area contributed by atoms with Crippen molar-refractivity contribution in [2.24, 2.45) is 0 Å². The number of amides is 2. The Kier molecular flexibility index (Phi) is 5.98. The minimum atomic E-state index is -0.513. The number of rotatable bonds is 2. The van der Waals surface area contributed by atoms with Gasteiger partial charge in [-0.25, -0.2) is 4.79 Å². The van der Waals surface area contributed by atoms with E-state index in [1.54, 1.807) is 29.0 Å². The predicted molar refractivity (Wildman–Crippen MR) is 101 cm³/mol. The Hall–Kier alpha value is -1.76. The van der Waals surface area contributed by atoms with E-state index in [-0.39, 0.29) is 18.0 Å². The zero-order valence-corrected chi connectivity index (χ0v) is 16.8. The van der Waals surface area contributed by atoms with Gasteiger partial charge in [0.1, 0.15) is 5.60 Å². The third-order valence-corrected chi connectivity index (χ3v) is 4.72. The highest BCUT2D eigenvalue weighted by Gasteiger charge is 2.30. The second kappa shape index (κ2) is 7.64. The van der Waals surface area contributed by atoms with Gasteiger partial charge in [-0.1, -0.05) is 15.9 Å². The second-order valence-electron chi connectivity index (χ2n) is 7.35. The van der Waals surface area contributed by atoms with Gasteiger partial charge >= 0.3 is 6.09 Å². The van der Waals surface area contributed by atoms with Gasteiger partial charge in [-0.15, -0.1) is 0 Å². The molecular formula is C18H26BrN3O3. The quantitative estimate of drug-likeness (QED) is 0.755. The average Bonchev–Trinajstić information content (AvgIpc) is 2.52. The van der Waals surface area contributed by atoms with Crippen molar-refractivity contribution in [2.75, 3.05) is 25.9 Å². The van der Waals surface area contributed by atoms with Crippen LogP contribution in [0.25, 0.3) is 0 Å². The van der Waals surface area contributed by atoms with Gasteiger partial charge in [0.2, 0.25) is 0 Å². The predicted octanol–water partition coefficient (Wildman–Crippen LogP) is 3.50. The van der Waals surface area contributed by atoms with Crippen LogP contribution < -0.4 is 5.73 Å². The molecule has 7 heteroatoms. The lowest BCUT2D eigenvalue weighted by molar-refractivity contribution is 0.0156. The molecule has 0 bridgehead atoms. The SMILES string of the molecule is CN(C(=O)OC(C)(C)C)C1CCN(C(=O)c2ccc(Br)cc2N)CC1. The first kappa shape index (κ1) is 19.6. The van der Waals surface area contributed by atoms with Crippen molar-refractivity contribution >= 4 is 33.6 Å². The molecule has 0 aliphatic carbocycles. The van der Waals surface area contributed by atoms with Gasteiger partial charge in [-0.2, -0.15) is 0 Å². The first-order chi connectivity index (χ1) is 11.6. The van der Waals surface area contributed by atoms with E-state index < -0.39 is 5.60 Å². The van der Waals surface area contributed by atoms with Gasteiger partial charge in [0.15, 0.2) is 0 Å². The normalized spacial score (nSPS) is 15.8. The summed E-state index contributed by atoms with van der Waals surface area (Å²) in [5, 5.41) is 0. The average molecular weight is 412 g/mol. The molecule has 0 atom stereocenters. The third kappa shape index (κ3) is 5.11. The molecule has 138 valence electrons. The number of nitrogen functional groups attached to an aromatic ring is 1. The summed E-state index contributed by atoms with van der Waals surface area (Å²) in [5.74, 6) is -0.0663. The molecule has 6 nitrogen and oxygen atoms in total. The fraction of sp³-hybridized carbons (Fsp3) is 0.556.